The minimum Gasteiger partial charge on any atom is -0.459 e. The number of hydrogen-bond acceptors (Lipinski definition) is 3. The van der Waals surface area contributed by atoms with Crippen LogP contribution in [0.5, 0.6) is 0 Å². The standard InChI is InChI=1S/C9H17NO2/c1-5-7(6-10)8(11)12-9(2,3)4/h6-7,10H,5H2,1-4H3/t7-/m0/s1. The predicted molar refractivity (Wildman–Crippen MR) is 48.4 cm³/mol. The third-order valence-corrected chi connectivity index (χ3v) is 1.35. The first-order chi connectivity index (χ1) is 5.40. The van der Waals surface area contributed by atoms with Gasteiger partial charge < -0.3 is 10.1 Å². The molecule has 0 rings (SSSR count). The summed E-state index contributed by atoms with van der Waals surface area (Å²) in [5.41, 5.74) is -0.451. The molecule has 0 heterocycles. The molecule has 1 atom stereocenters. The Balaban J connectivity index is 4.11. The van der Waals surface area contributed by atoms with Crippen molar-refractivity contribution >= 4 is 12.2 Å². The van der Waals surface area contributed by atoms with E-state index in [-0.39, 0.29) is 11.9 Å². The second kappa shape index (κ2) is 4.24. The Morgan fingerprint density at radius 2 is 2.08 bits per heavy atom. The summed E-state index contributed by atoms with van der Waals surface area (Å²) in [6, 6.07) is 0. The first-order valence-electron chi connectivity index (χ1n) is 4.14. The highest BCUT2D eigenvalue weighted by molar-refractivity contribution is 5.88. The van der Waals surface area contributed by atoms with Gasteiger partial charge in [0.15, 0.2) is 0 Å². The van der Waals surface area contributed by atoms with Crippen LogP contribution in [-0.4, -0.2) is 17.8 Å². The molecule has 0 fully saturated rings. The number of hydrogen-bond donors (Lipinski definition) is 1. The van der Waals surface area contributed by atoms with Crippen molar-refractivity contribution in [3.05, 3.63) is 0 Å². The van der Waals surface area contributed by atoms with E-state index in [2.05, 4.69) is 0 Å². The van der Waals surface area contributed by atoms with Gasteiger partial charge in [0.05, 0.1) is 5.92 Å². The van der Waals surface area contributed by atoms with Crippen molar-refractivity contribution in [3.63, 3.8) is 0 Å². The topological polar surface area (TPSA) is 50.2 Å². The molecule has 0 aromatic carbocycles. The van der Waals surface area contributed by atoms with Crippen LogP contribution in [0.25, 0.3) is 0 Å². The van der Waals surface area contributed by atoms with Crippen LogP contribution in [0.3, 0.4) is 0 Å². The maximum Gasteiger partial charge on any atom is 0.314 e. The Morgan fingerprint density at radius 1 is 1.58 bits per heavy atom. The van der Waals surface area contributed by atoms with Crippen LogP contribution in [-0.2, 0) is 9.53 Å². The monoisotopic (exact) mass is 171 g/mol. The SMILES string of the molecule is CC[C@@H](C=N)C(=O)OC(C)(C)C. The Bertz CT molecular complexity index is 170. The first-order valence-corrected chi connectivity index (χ1v) is 4.14. The van der Waals surface area contributed by atoms with Crippen molar-refractivity contribution < 1.29 is 9.53 Å². The molecule has 0 spiro atoms. The highest BCUT2D eigenvalue weighted by Gasteiger charge is 2.21. The summed E-state index contributed by atoms with van der Waals surface area (Å²) in [6.45, 7) is 7.32. The van der Waals surface area contributed by atoms with Crippen LogP contribution in [0.4, 0.5) is 0 Å². The molecule has 0 amide bonds. The lowest BCUT2D eigenvalue weighted by Crippen LogP contribution is -2.29. The summed E-state index contributed by atoms with van der Waals surface area (Å²) >= 11 is 0. The van der Waals surface area contributed by atoms with Crippen molar-refractivity contribution in [2.45, 2.75) is 39.7 Å². The molecule has 0 aliphatic carbocycles. The van der Waals surface area contributed by atoms with Gasteiger partial charge >= 0.3 is 5.97 Å². The average molecular weight is 171 g/mol. The van der Waals surface area contributed by atoms with E-state index in [1.165, 1.54) is 0 Å². The van der Waals surface area contributed by atoms with Gasteiger partial charge in [-0.05, 0) is 27.2 Å². The summed E-state index contributed by atoms with van der Waals surface area (Å²) < 4.78 is 5.09. The molecule has 0 aliphatic rings. The van der Waals surface area contributed by atoms with Crippen molar-refractivity contribution in [3.8, 4) is 0 Å². The number of esters is 1. The molecule has 70 valence electrons. The molecule has 0 saturated heterocycles. The molecule has 0 aliphatic heterocycles. The van der Waals surface area contributed by atoms with Gasteiger partial charge in [0.25, 0.3) is 0 Å². The van der Waals surface area contributed by atoms with E-state index in [9.17, 15) is 4.79 Å². The Labute approximate surface area is 73.6 Å². The number of carbonyl (C=O) groups excluding carboxylic acids is 1. The van der Waals surface area contributed by atoms with Crippen LogP contribution >= 0.6 is 0 Å². The lowest BCUT2D eigenvalue weighted by atomic mass is 10.1. The fourth-order valence-corrected chi connectivity index (χ4v) is 0.730. The maximum atomic E-state index is 11.2. The summed E-state index contributed by atoms with van der Waals surface area (Å²) in [6.07, 6.45) is 1.76. The highest BCUT2D eigenvalue weighted by atomic mass is 16.6. The Hall–Kier alpha value is -0.860. The van der Waals surface area contributed by atoms with Crippen LogP contribution in [0.15, 0.2) is 0 Å². The maximum absolute atomic E-state index is 11.2. The van der Waals surface area contributed by atoms with E-state index in [4.69, 9.17) is 10.1 Å². The molecule has 3 heteroatoms. The molecule has 0 aromatic heterocycles. The summed E-state index contributed by atoms with van der Waals surface area (Å²) in [5, 5.41) is 6.97. The zero-order valence-corrected chi connectivity index (χ0v) is 8.18. The normalized spacial score (nSPS) is 13.7. The predicted octanol–water partition coefficient (Wildman–Crippen LogP) is 2.00. The summed E-state index contributed by atoms with van der Waals surface area (Å²) in [4.78, 5) is 11.2. The molecule has 12 heavy (non-hydrogen) atoms. The van der Waals surface area contributed by atoms with E-state index >= 15 is 0 Å². The largest absolute Gasteiger partial charge is 0.459 e. The average Bonchev–Trinajstić information content (AvgIpc) is 1.85. The first kappa shape index (κ1) is 11.1. The van der Waals surface area contributed by atoms with Gasteiger partial charge in [-0.25, -0.2) is 0 Å². The number of rotatable bonds is 3. The second-order valence-electron chi connectivity index (χ2n) is 3.71. The van der Waals surface area contributed by atoms with Gasteiger partial charge in [-0.1, -0.05) is 6.92 Å². The second-order valence-corrected chi connectivity index (χ2v) is 3.71. The fraction of sp³-hybridized carbons (Fsp3) is 0.778. The Kier molecular flexibility index (Phi) is 3.93. The molecule has 0 unspecified atom stereocenters. The smallest absolute Gasteiger partial charge is 0.314 e. The van der Waals surface area contributed by atoms with Gasteiger partial charge in [0.2, 0.25) is 0 Å². The van der Waals surface area contributed by atoms with Gasteiger partial charge in [0.1, 0.15) is 5.60 Å². The highest BCUT2D eigenvalue weighted by Crippen LogP contribution is 2.11. The van der Waals surface area contributed by atoms with Crippen molar-refractivity contribution in [1.82, 2.24) is 0 Å². The van der Waals surface area contributed by atoms with Gasteiger partial charge in [-0.15, -0.1) is 0 Å². The third kappa shape index (κ3) is 4.11. The van der Waals surface area contributed by atoms with Crippen LogP contribution in [0, 0.1) is 11.3 Å². The number of carbonyl (C=O) groups is 1. The van der Waals surface area contributed by atoms with Crippen LogP contribution in [0.1, 0.15) is 34.1 Å². The minimum atomic E-state index is -0.451. The zero-order valence-electron chi connectivity index (χ0n) is 8.18. The zero-order chi connectivity index (χ0) is 9.78. The molecule has 0 aromatic rings. The van der Waals surface area contributed by atoms with E-state index in [0.717, 1.165) is 6.21 Å². The van der Waals surface area contributed by atoms with Crippen LogP contribution < -0.4 is 0 Å². The van der Waals surface area contributed by atoms with Crippen molar-refractivity contribution in [2.24, 2.45) is 5.92 Å². The molecular weight excluding hydrogens is 154 g/mol. The number of ether oxygens (including phenoxy) is 1. The van der Waals surface area contributed by atoms with Crippen molar-refractivity contribution in [1.29, 1.82) is 5.41 Å². The van der Waals surface area contributed by atoms with Crippen LogP contribution in [0.2, 0.25) is 0 Å². The molecule has 0 saturated carbocycles. The molecule has 3 nitrogen and oxygen atoms in total. The third-order valence-electron chi connectivity index (χ3n) is 1.35. The minimum absolute atomic E-state index is 0.306. The van der Waals surface area contributed by atoms with E-state index in [1.54, 1.807) is 0 Å². The van der Waals surface area contributed by atoms with Gasteiger partial charge in [-0.2, -0.15) is 0 Å². The molecule has 1 N–H and O–H groups in total. The quantitative estimate of drug-likeness (QED) is 0.521. The molecular formula is C9H17NO2. The van der Waals surface area contributed by atoms with E-state index < -0.39 is 5.60 Å². The van der Waals surface area contributed by atoms with Gasteiger partial charge in [0, 0.05) is 6.21 Å². The van der Waals surface area contributed by atoms with Gasteiger partial charge in [-0.3, -0.25) is 4.79 Å². The Morgan fingerprint density at radius 3 is 2.33 bits per heavy atom. The van der Waals surface area contributed by atoms with E-state index in [1.807, 2.05) is 27.7 Å². The summed E-state index contributed by atoms with van der Waals surface area (Å²) in [5.74, 6) is -0.691. The van der Waals surface area contributed by atoms with Crippen molar-refractivity contribution in [2.75, 3.05) is 0 Å². The molecule has 0 radical (unpaired) electrons. The number of nitrogens with one attached hydrogen (secondary N) is 1. The lowest BCUT2D eigenvalue weighted by Gasteiger charge is -2.21. The molecule has 0 bridgehead atoms. The summed E-state index contributed by atoms with van der Waals surface area (Å²) in [7, 11) is 0. The lowest BCUT2D eigenvalue weighted by molar-refractivity contribution is -0.157. The fourth-order valence-electron chi connectivity index (χ4n) is 0.730. The van der Waals surface area contributed by atoms with E-state index in [0.29, 0.717) is 6.42 Å².